The molecule has 1 aliphatic heterocycles. The van der Waals surface area contributed by atoms with Gasteiger partial charge < -0.3 is 5.32 Å². The van der Waals surface area contributed by atoms with E-state index < -0.39 is 35.0 Å². The van der Waals surface area contributed by atoms with Crippen LogP contribution in [0, 0.1) is 5.92 Å². The van der Waals surface area contributed by atoms with Gasteiger partial charge in [-0.05, 0) is 61.6 Å². The van der Waals surface area contributed by atoms with Crippen LogP contribution in [0.15, 0.2) is 58.3 Å². The molecule has 0 aromatic heterocycles. The summed E-state index contributed by atoms with van der Waals surface area (Å²) < 4.78 is 78.2. The number of carbonyl (C=O) groups is 2. The number of nitrogens with zero attached hydrogens (tertiary/aromatic N) is 1. The molecule has 0 spiro atoms. The van der Waals surface area contributed by atoms with Gasteiger partial charge in [0.2, 0.25) is 0 Å². The zero-order valence-corrected chi connectivity index (χ0v) is 16.4. The molecule has 32 heavy (non-hydrogen) atoms. The summed E-state index contributed by atoms with van der Waals surface area (Å²) in [5.74, 6) is -1.69. The first-order valence-electron chi connectivity index (χ1n) is 9.79. The van der Waals surface area contributed by atoms with Crippen LogP contribution in [-0.4, -0.2) is 17.5 Å². The summed E-state index contributed by atoms with van der Waals surface area (Å²) in [4.78, 5) is 28.5. The summed E-state index contributed by atoms with van der Waals surface area (Å²) in [7, 11) is 0. The van der Waals surface area contributed by atoms with Crippen LogP contribution in [0.25, 0.3) is 0 Å². The second kappa shape index (κ2) is 7.75. The second-order valence-corrected chi connectivity index (χ2v) is 7.74. The number of rotatable bonds is 1. The molecule has 0 saturated carbocycles. The Balaban J connectivity index is 1.67. The smallest absolute Gasteiger partial charge is 0.325 e. The minimum Gasteiger partial charge on any atom is -0.325 e. The molecule has 1 aromatic carbocycles. The Bertz CT molecular complexity index is 1090. The number of halogens is 6. The molecular weight excluding hydrogens is 438 g/mol. The van der Waals surface area contributed by atoms with E-state index in [1.807, 2.05) is 0 Å². The molecule has 4 rings (SSSR count). The SMILES string of the molecule is O=C1NC2=CC(=NC(=O)c3cc(C(F)(F)F)cc(C(F)(F)F)c3)C=CC2C2=C1CCCC2. The van der Waals surface area contributed by atoms with Crippen molar-refractivity contribution in [3.63, 3.8) is 0 Å². The third-order valence-electron chi connectivity index (χ3n) is 5.58. The Morgan fingerprint density at radius 1 is 0.969 bits per heavy atom. The summed E-state index contributed by atoms with van der Waals surface area (Å²) in [5, 5.41) is 2.74. The fraction of sp³-hybridized carbons (Fsp3) is 0.318. The van der Waals surface area contributed by atoms with Gasteiger partial charge in [0.25, 0.3) is 11.8 Å². The molecule has 168 valence electrons. The molecule has 1 N–H and O–H groups in total. The molecule has 2 aliphatic carbocycles. The average molecular weight is 454 g/mol. The van der Waals surface area contributed by atoms with E-state index in [0.29, 0.717) is 24.3 Å². The summed E-state index contributed by atoms with van der Waals surface area (Å²) in [6.45, 7) is 0. The van der Waals surface area contributed by atoms with Crippen LogP contribution in [0.1, 0.15) is 47.2 Å². The fourth-order valence-corrected chi connectivity index (χ4v) is 4.08. The standard InChI is InChI=1S/C22H16F6N2O2/c23-21(24,25)12-7-11(8-13(9-12)22(26,27)28)19(31)29-14-5-6-16-15-3-1-2-4-17(15)20(32)30-18(16)10-14/h5-10,16H,1-4H2,(H,30,32). The van der Waals surface area contributed by atoms with E-state index in [2.05, 4.69) is 10.3 Å². The summed E-state index contributed by atoms with van der Waals surface area (Å²) >= 11 is 0. The van der Waals surface area contributed by atoms with Crippen LogP contribution >= 0.6 is 0 Å². The van der Waals surface area contributed by atoms with E-state index in [0.717, 1.165) is 30.4 Å². The van der Waals surface area contributed by atoms with Crippen LogP contribution in [-0.2, 0) is 17.1 Å². The molecule has 1 heterocycles. The van der Waals surface area contributed by atoms with Crippen LogP contribution in [0.4, 0.5) is 26.3 Å². The number of nitrogens with one attached hydrogen (secondary N) is 1. The quantitative estimate of drug-likeness (QED) is 0.580. The van der Waals surface area contributed by atoms with Gasteiger partial charge in [0.1, 0.15) is 0 Å². The Kier molecular flexibility index (Phi) is 5.34. The van der Waals surface area contributed by atoms with Gasteiger partial charge in [-0.3, -0.25) is 9.59 Å². The summed E-state index contributed by atoms with van der Waals surface area (Å²) in [5.41, 5.74) is -1.80. The first-order valence-corrected chi connectivity index (χ1v) is 9.79. The van der Waals surface area contributed by atoms with Crippen molar-refractivity contribution >= 4 is 17.5 Å². The van der Waals surface area contributed by atoms with Crippen LogP contribution in [0.2, 0.25) is 0 Å². The lowest BCUT2D eigenvalue weighted by atomic mass is 9.77. The number of amides is 2. The monoisotopic (exact) mass is 454 g/mol. The lowest BCUT2D eigenvalue weighted by Gasteiger charge is -2.33. The van der Waals surface area contributed by atoms with Gasteiger partial charge in [0.05, 0.1) is 16.8 Å². The second-order valence-electron chi connectivity index (χ2n) is 7.74. The Morgan fingerprint density at radius 2 is 1.59 bits per heavy atom. The predicted octanol–water partition coefficient (Wildman–Crippen LogP) is 5.38. The van der Waals surface area contributed by atoms with Crippen LogP contribution in [0.3, 0.4) is 0 Å². The average Bonchev–Trinajstić information content (AvgIpc) is 2.72. The maximum atomic E-state index is 13.0. The molecule has 10 heteroatoms. The van der Waals surface area contributed by atoms with E-state index in [1.54, 1.807) is 6.08 Å². The molecule has 1 unspecified atom stereocenters. The molecule has 3 aliphatic rings. The highest BCUT2D eigenvalue weighted by atomic mass is 19.4. The minimum absolute atomic E-state index is 0.0207. The molecular formula is C22H16F6N2O2. The highest BCUT2D eigenvalue weighted by Gasteiger charge is 2.38. The van der Waals surface area contributed by atoms with Crippen molar-refractivity contribution in [2.45, 2.75) is 38.0 Å². The number of benzene rings is 1. The molecule has 4 nitrogen and oxygen atoms in total. The third-order valence-corrected chi connectivity index (χ3v) is 5.58. The number of allylic oxidation sites excluding steroid dienone is 3. The number of hydrogen-bond acceptors (Lipinski definition) is 2. The Morgan fingerprint density at radius 3 is 2.22 bits per heavy atom. The lowest BCUT2D eigenvalue weighted by molar-refractivity contribution is -0.143. The Labute approximate surface area is 178 Å². The topological polar surface area (TPSA) is 58.5 Å². The largest absolute Gasteiger partial charge is 0.416 e. The summed E-state index contributed by atoms with van der Waals surface area (Å²) in [6, 6.07) is 0.626. The van der Waals surface area contributed by atoms with Gasteiger partial charge in [-0.1, -0.05) is 6.08 Å². The van der Waals surface area contributed by atoms with Gasteiger partial charge in [-0.2, -0.15) is 26.3 Å². The number of alkyl halides is 6. The maximum Gasteiger partial charge on any atom is 0.416 e. The number of hydrogen-bond donors (Lipinski definition) is 1. The normalized spacial score (nSPS) is 22.3. The molecule has 2 amide bonds. The van der Waals surface area contributed by atoms with Crippen molar-refractivity contribution in [2.75, 3.05) is 0 Å². The van der Waals surface area contributed by atoms with E-state index in [4.69, 9.17) is 0 Å². The lowest BCUT2D eigenvalue weighted by Crippen LogP contribution is -2.37. The van der Waals surface area contributed by atoms with Gasteiger partial charge in [0.15, 0.2) is 0 Å². The summed E-state index contributed by atoms with van der Waals surface area (Å²) in [6.07, 6.45) is -2.24. The van der Waals surface area contributed by atoms with Gasteiger partial charge in [-0.25, -0.2) is 4.99 Å². The zero-order chi connectivity index (χ0) is 23.3. The van der Waals surface area contributed by atoms with Crippen molar-refractivity contribution in [1.29, 1.82) is 0 Å². The van der Waals surface area contributed by atoms with Crippen molar-refractivity contribution in [3.05, 3.63) is 70.0 Å². The highest BCUT2D eigenvalue weighted by Crippen LogP contribution is 2.39. The van der Waals surface area contributed by atoms with Crippen molar-refractivity contribution < 1.29 is 35.9 Å². The van der Waals surface area contributed by atoms with Crippen molar-refractivity contribution in [2.24, 2.45) is 10.9 Å². The maximum absolute atomic E-state index is 13.0. The Hall–Kier alpha value is -3.17. The van der Waals surface area contributed by atoms with Crippen LogP contribution in [0.5, 0.6) is 0 Å². The molecule has 0 fully saturated rings. The molecule has 0 saturated heterocycles. The fourth-order valence-electron chi connectivity index (χ4n) is 4.08. The number of aliphatic imine (C=N–C) groups is 1. The van der Waals surface area contributed by atoms with E-state index in [9.17, 15) is 35.9 Å². The third kappa shape index (κ3) is 4.26. The minimum atomic E-state index is -5.07. The van der Waals surface area contributed by atoms with Gasteiger partial charge >= 0.3 is 12.4 Å². The number of carbonyl (C=O) groups excluding carboxylic acids is 2. The first-order chi connectivity index (χ1) is 14.9. The van der Waals surface area contributed by atoms with E-state index >= 15 is 0 Å². The van der Waals surface area contributed by atoms with Crippen LogP contribution < -0.4 is 5.32 Å². The van der Waals surface area contributed by atoms with Crippen molar-refractivity contribution in [3.8, 4) is 0 Å². The molecule has 1 atom stereocenters. The van der Waals surface area contributed by atoms with E-state index in [-0.39, 0.29) is 23.6 Å². The number of fused-ring (bicyclic) bond motifs is 2. The van der Waals surface area contributed by atoms with Gasteiger partial charge in [-0.15, -0.1) is 0 Å². The van der Waals surface area contributed by atoms with Gasteiger partial charge in [0, 0.05) is 22.8 Å². The predicted molar refractivity (Wildman–Crippen MR) is 103 cm³/mol. The zero-order valence-electron chi connectivity index (χ0n) is 16.4. The van der Waals surface area contributed by atoms with Crippen molar-refractivity contribution in [1.82, 2.24) is 5.32 Å². The molecule has 1 aromatic rings. The molecule has 0 bridgehead atoms. The molecule has 0 radical (unpaired) electrons. The van der Waals surface area contributed by atoms with E-state index in [1.165, 1.54) is 12.2 Å². The highest BCUT2D eigenvalue weighted by molar-refractivity contribution is 6.14. The first kappa shape index (κ1) is 22.0.